The van der Waals surface area contributed by atoms with Gasteiger partial charge in [-0.2, -0.15) is 0 Å². The highest BCUT2D eigenvalue weighted by Crippen LogP contribution is 2.04. The van der Waals surface area contributed by atoms with Gasteiger partial charge in [0, 0.05) is 0 Å². The highest BCUT2D eigenvalue weighted by molar-refractivity contribution is 6.57. The van der Waals surface area contributed by atoms with E-state index in [1.165, 1.54) is 0 Å². The van der Waals surface area contributed by atoms with E-state index in [4.69, 9.17) is 14.5 Å². The molecule has 0 amide bonds. The Morgan fingerprint density at radius 1 is 1.40 bits per heavy atom. The first-order chi connectivity index (χ1) is 4.61. The summed E-state index contributed by atoms with van der Waals surface area (Å²) in [7, 11) is -1.49. The summed E-state index contributed by atoms with van der Waals surface area (Å²) in [4.78, 5) is 0. The van der Waals surface area contributed by atoms with Crippen molar-refractivity contribution in [3.05, 3.63) is 17.4 Å². The minimum absolute atomic E-state index is 0.204. The van der Waals surface area contributed by atoms with E-state index in [1.54, 1.807) is 13.0 Å². The minimum Gasteiger partial charge on any atom is -0.470 e. The smallest absolute Gasteiger partial charge is 0.470 e. The third-order valence-electron chi connectivity index (χ3n) is 1.44. The molecule has 0 fully saturated rings. The fourth-order valence-corrected chi connectivity index (χ4v) is 0.729. The van der Waals surface area contributed by atoms with Crippen molar-refractivity contribution in [1.82, 2.24) is 0 Å². The second kappa shape index (κ2) is 2.48. The molecule has 1 aromatic rings. The van der Waals surface area contributed by atoms with Gasteiger partial charge in [-0.05, 0) is 25.5 Å². The lowest BCUT2D eigenvalue weighted by Gasteiger charge is -1.88. The predicted octanol–water partition coefficient (Wildman–Crippen LogP) is -0.424. The van der Waals surface area contributed by atoms with Crippen molar-refractivity contribution in [1.29, 1.82) is 0 Å². The molecule has 1 rings (SSSR count). The van der Waals surface area contributed by atoms with Gasteiger partial charge in [0.2, 0.25) is 0 Å². The van der Waals surface area contributed by atoms with Gasteiger partial charge in [0.25, 0.3) is 0 Å². The Morgan fingerprint density at radius 3 is 2.20 bits per heavy atom. The van der Waals surface area contributed by atoms with Crippen LogP contribution in [0, 0.1) is 13.8 Å². The summed E-state index contributed by atoms with van der Waals surface area (Å²) in [6.45, 7) is 3.63. The van der Waals surface area contributed by atoms with Gasteiger partial charge in [0.1, 0.15) is 11.4 Å². The maximum absolute atomic E-state index is 8.62. The largest absolute Gasteiger partial charge is 0.526 e. The second-order valence-electron chi connectivity index (χ2n) is 2.26. The van der Waals surface area contributed by atoms with Gasteiger partial charge in [0.05, 0.1) is 0 Å². The van der Waals surface area contributed by atoms with Crippen molar-refractivity contribution in [2.45, 2.75) is 13.8 Å². The number of rotatable bonds is 1. The van der Waals surface area contributed by atoms with Crippen molar-refractivity contribution in [3.8, 4) is 0 Å². The molecule has 54 valence electrons. The van der Waals surface area contributed by atoms with Gasteiger partial charge in [0.15, 0.2) is 0 Å². The Kier molecular flexibility index (Phi) is 1.83. The van der Waals surface area contributed by atoms with Gasteiger partial charge >= 0.3 is 7.12 Å². The molecule has 1 aromatic heterocycles. The average Bonchev–Trinajstić information content (AvgIpc) is 2.13. The highest BCUT2D eigenvalue weighted by atomic mass is 16.4. The molecule has 0 aliphatic rings. The Bertz CT molecular complexity index is 209. The lowest BCUT2D eigenvalue weighted by atomic mass is 9.88. The lowest BCUT2D eigenvalue weighted by Crippen LogP contribution is -2.28. The Hall–Kier alpha value is -0.735. The van der Waals surface area contributed by atoms with Crippen LogP contribution in [-0.4, -0.2) is 17.2 Å². The molecular formula is C6H9BO3. The van der Waals surface area contributed by atoms with Crippen molar-refractivity contribution >= 4 is 12.8 Å². The first kappa shape index (κ1) is 7.37. The maximum atomic E-state index is 8.62. The van der Waals surface area contributed by atoms with Crippen molar-refractivity contribution < 1.29 is 14.5 Å². The van der Waals surface area contributed by atoms with E-state index in [1.807, 2.05) is 6.92 Å². The Balaban J connectivity index is 2.98. The molecule has 0 radical (unpaired) electrons. The molecule has 4 heteroatoms. The second-order valence-corrected chi connectivity index (χ2v) is 2.26. The van der Waals surface area contributed by atoms with E-state index in [0.717, 1.165) is 11.3 Å². The molecule has 0 aliphatic heterocycles. The molecule has 3 nitrogen and oxygen atoms in total. The summed E-state index contributed by atoms with van der Waals surface area (Å²) < 4.78 is 4.98. The minimum atomic E-state index is -1.49. The van der Waals surface area contributed by atoms with Gasteiger partial charge in [-0.3, -0.25) is 0 Å². The summed E-state index contributed by atoms with van der Waals surface area (Å²) in [6.07, 6.45) is 0. The van der Waals surface area contributed by atoms with Crippen LogP contribution in [0.1, 0.15) is 11.3 Å². The van der Waals surface area contributed by atoms with E-state index in [9.17, 15) is 0 Å². The molecule has 0 saturated carbocycles. The van der Waals surface area contributed by atoms with Crippen LogP contribution in [0.3, 0.4) is 0 Å². The first-order valence-corrected chi connectivity index (χ1v) is 3.04. The number of hydrogen-bond donors (Lipinski definition) is 2. The summed E-state index contributed by atoms with van der Waals surface area (Å²) in [5.41, 5.74) is 1.14. The SMILES string of the molecule is Cc1cc(B(O)O)oc1C. The fraction of sp³-hybridized carbons (Fsp3) is 0.333. The van der Waals surface area contributed by atoms with Gasteiger partial charge in [-0.25, -0.2) is 0 Å². The zero-order valence-corrected chi connectivity index (χ0v) is 5.96. The van der Waals surface area contributed by atoms with Crippen LogP contribution in [0.5, 0.6) is 0 Å². The van der Waals surface area contributed by atoms with Gasteiger partial charge in [-0.15, -0.1) is 0 Å². The molecule has 0 bridgehead atoms. The molecule has 0 unspecified atom stereocenters. The molecule has 0 aliphatic carbocycles. The van der Waals surface area contributed by atoms with Crippen molar-refractivity contribution in [2.24, 2.45) is 0 Å². The Morgan fingerprint density at radius 2 is 2.00 bits per heavy atom. The van der Waals surface area contributed by atoms with Crippen molar-refractivity contribution in [3.63, 3.8) is 0 Å². The third kappa shape index (κ3) is 1.22. The zero-order chi connectivity index (χ0) is 7.72. The molecule has 0 spiro atoms. The summed E-state index contributed by atoms with van der Waals surface area (Å²) in [5, 5.41) is 17.2. The fourth-order valence-electron chi connectivity index (χ4n) is 0.729. The van der Waals surface area contributed by atoms with Crippen LogP contribution in [0.15, 0.2) is 10.5 Å². The summed E-state index contributed by atoms with van der Waals surface area (Å²) >= 11 is 0. The van der Waals surface area contributed by atoms with Crippen LogP contribution < -0.4 is 5.66 Å². The topological polar surface area (TPSA) is 53.6 Å². The predicted molar refractivity (Wildman–Crippen MR) is 38.0 cm³/mol. The quantitative estimate of drug-likeness (QED) is 0.520. The number of furan rings is 1. The van der Waals surface area contributed by atoms with E-state index in [0.29, 0.717) is 0 Å². The zero-order valence-electron chi connectivity index (χ0n) is 5.96. The van der Waals surface area contributed by atoms with E-state index < -0.39 is 7.12 Å². The molecular weight excluding hydrogens is 131 g/mol. The van der Waals surface area contributed by atoms with Crippen LogP contribution in [0.25, 0.3) is 0 Å². The van der Waals surface area contributed by atoms with E-state index in [-0.39, 0.29) is 5.66 Å². The third-order valence-corrected chi connectivity index (χ3v) is 1.44. The van der Waals surface area contributed by atoms with Gasteiger partial charge < -0.3 is 14.5 Å². The maximum Gasteiger partial charge on any atom is 0.526 e. The number of hydrogen-bond acceptors (Lipinski definition) is 3. The molecule has 0 aromatic carbocycles. The number of aryl methyl sites for hydroxylation is 2. The molecule has 0 saturated heterocycles. The van der Waals surface area contributed by atoms with Crippen LogP contribution in [-0.2, 0) is 0 Å². The van der Waals surface area contributed by atoms with Crippen molar-refractivity contribution in [2.75, 3.05) is 0 Å². The normalized spacial score (nSPS) is 10.0. The monoisotopic (exact) mass is 140 g/mol. The van der Waals surface area contributed by atoms with Crippen LogP contribution in [0.4, 0.5) is 0 Å². The Labute approximate surface area is 59.4 Å². The molecule has 0 atom stereocenters. The van der Waals surface area contributed by atoms with Crippen LogP contribution >= 0.6 is 0 Å². The highest BCUT2D eigenvalue weighted by Gasteiger charge is 2.16. The summed E-state index contributed by atoms with van der Waals surface area (Å²) in [5.74, 6) is 0.725. The first-order valence-electron chi connectivity index (χ1n) is 3.04. The summed E-state index contributed by atoms with van der Waals surface area (Å²) in [6, 6.07) is 1.61. The lowest BCUT2D eigenvalue weighted by molar-refractivity contribution is 0.407. The standard InChI is InChI=1S/C6H9BO3/c1-4-3-6(7(8)9)10-5(4)2/h3,8-9H,1-2H3. The van der Waals surface area contributed by atoms with E-state index >= 15 is 0 Å². The van der Waals surface area contributed by atoms with Gasteiger partial charge in [-0.1, -0.05) is 0 Å². The average molecular weight is 140 g/mol. The van der Waals surface area contributed by atoms with E-state index in [2.05, 4.69) is 0 Å². The molecule has 10 heavy (non-hydrogen) atoms. The van der Waals surface area contributed by atoms with Crippen LogP contribution in [0.2, 0.25) is 0 Å². The molecule has 2 N–H and O–H groups in total. The molecule has 1 heterocycles.